The Labute approximate surface area is 128 Å². The first-order valence-corrected chi connectivity index (χ1v) is 9.20. The van der Waals surface area contributed by atoms with Crippen molar-refractivity contribution >= 4 is 10.0 Å². The van der Waals surface area contributed by atoms with Gasteiger partial charge < -0.3 is 4.74 Å². The molecule has 0 spiro atoms. The third-order valence-electron chi connectivity index (χ3n) is 3.44. The zero-order chi connectivity index (χ0) is 15.9. The molecule has 0 aliphatic carbocycles. The normalized spacial score (nSPS) is 11.9. The summed E-state index contributed by atoms with van der Waals surface area (Å²) in [4.78, 5) is 0.140. The number of sulfonamides is 1. The standard InChI is InChI=1S/C16H27NO3S/c1-4-5-6-7-8-11-20-16-10-9-14(21(17,18)19)12-15(16)13(2)3/h9-10,12-13H,4-8,11H2,1-3H3,(H2,17,18,19). The average molecular weight is 313 g/mol. The van der Waals surface area contributed by atoms with E-state index < -0.39 is 10.0 Å². The van der Waals surface area contributed by atoms with Crippen LogP contribution in [0.15, 0.2) is 23.1 Å². The molecule has 5 heteroatoms. The van der Waals surface area contributed by atoms with Crippen LogP contribution in [-0.2, 0) is 10.0 Å². The maximum atomic E-state index is 11.4. The Balaban J connectivity index is 2.69. The van der Waals surface area contributed by atoms with Crippen molar-refractivity contribution in [2.24, 2.45) is 5.14 Å². The monoisotopic (exact) mass is 313 g/mol. The van der Waals surface area contributed by atoms with E-state index in [1.54, 1.807) is 12.1 Å². The van der Waals surface area contributed by atoms with Gasteiger partial charge in [0.1, 0.15) is 5.75 Å². The van der Waals surface area contributed by atoms with Crippen molar-refractivity contribution in [3.63, 3.8) is 0 Å². The van der Waals surface area contributed by atoms with Crippen LogP contribution in [0.2, 0.25) is 0 Å². The van der Waals surface area contributed by atoms with Crippen molar-refractivity contribution in [2.75, 3.05) is 6.61 Å². The molecule has 0 fully saturated rings. The van der Waals surface area contributed by atoms with Crippen LogP contribution < -0.4 is 9.88 Å². The molecule has 0 aromatic heterocycles. The van der Waals surface area contributed by atoms with Gasteiger partial charge in [0.25, 0.3) is 0 Å². The summed E-state index contributed by atoms with van der Waals surface area (Å²) in [6, 6.07) is 4.83. The SMILES string of the molecule is CCCCCCCOc1ccc(S(N)(=O)=O)cc1C(C)C. The number of nitrogens with two attached hydrogens (primary N) is 1. The zero-order valence-corrected chi connectivity index (χ0v) is 14.1. The summed E-state index contributed by atoms with van der Waals surface area (Å²) in [7, 11) is -3.67. The van der Waals surface area contributed by atoms with Crippen LogP contribution in [0.3, 0.4) is 0 Å². The number of hydrogen-bond donors (Lipinski definition) is 1. The predicted molar refractivity (Wildman–Crippen MR) is 86.2 cm³/mol. The molecular formula is C16H27NO3S. The molecule has 0 bridgehead atoms. The minimum atomic E-state index is -3.67. The second-order valence-electron chi connectivity index (χ2n) is 5.66. The maximum absolute atomic E-state index is 11.4. The van der Waals surface area contributed by atoms with Gasteiger partial charge in [-0.25, -0.2) is 13.6 Å². The first-order chi connectivity index (χ1) is 9.86. The molecule has 1 aromatic rings. The number of benzene rings is 1. The molecule has 0 aliphatic heterocycles. The Morgan fingerprint density at radius 2 is 1.81 bits per heavy atom. The fraction of sp³-hybridized carbons (Fsp3) is 0.625. The van der Waals surface area contributed by atoms with Crippen LogP contribution in [0.5, 0.6) is 5.75 Å². The number of rotatable bonds is 9. The first-order valence-electron chi connectivity index (χ1n) is 7.65. The Hall–Kier alpha value is -1.07. The Morgan fingerprint density at radius 1 is 1.14 bits per heavy atom. The van der Waals surface area contributed by atoms with E-state index in [0.717, 1.165) is 17.7 Å². The highest BCUT2D eigenvalue weighted by atomic mass is 32.2. The molecule has 1 aromatic carbocycles. The molecule has 0 unspecified atom stereocenters. The van der Waals surface area contributed by atoms with Crippen molar-refractivity contribution in [1.29, 1.82) is 0 Å². The summed E-state index contributed by atoms with van der Waals surface area (Å²) in [5, 5.41) is 5.18. The topological polar surface area (TPSA) is 69.4 Å². The van der Waals surface area contributed by atoms with Gasteiger partial charge in [0.15, 0.2) is 0 Å². The molecule has 21 heavy (non-hydrogen) atoms. The molecule has 0 aliphatic rings. The highest BCUT2D eigenvalue weighted by Crippen LogP contribution is 2.29. The Bertz CT molecular complexity index is 538. The molecule has 0 atom stereocenters. The molecule has 2 N–H and O–H groups in total. The molecule has 0 saturated carbocycles. The smallest absolute Gasteiger partial charge is 0.238 e. The number of hydrogen-bond acceptors (Lipinski definition) is 3. The third-order valence-corrected chi connectivity index (χ3v) is 4.35. The van der Waals surface area contributed by atoms with Crippen molar-refractivity contribution < 1.29 is 13.2 Å². The van der Waals surface area contributed by atoms with Crippen LogP contribution in [0.25, 0.3) is 0 Å². The highest BCUT2D eigenvalue weighted by Gasteiger charge is 2.14. The molecule has 4 nitrogen and oxygen atoms in total. The van der Waals surface area contributed by atoms with Gasteiger partial charge in [0, 0.05) is 0 Å². The lowest BCUT2D eigenvalue weighted by atomic mass is 10.0. The summed E-state index contributed by atoms with van der Waals surface area (Å²) in [5.41, 5.74) is 0.884. The summed E-state index contributed by atoms with van der Waals surface area (Å²) < 4.78 is 28.6. The Morgan fingerprint density at radius 3 is 2.38 bits per heavy atom. The van der Waals surface area contributed by atoms with Gasteiger partial charge in [-0.15, -0.1) is 0 Å². The van der Waals surface area contributed by atoms with Crippen LogP contribution in [0, 0.1) is 0 Å². The third kappa shape index (κ3) is 6.06. The van der Waals surface area contributed by atoms with E-state index in [1.807, 2.05) is 13.8 Å². The van der Waals surface area contributed by atoms with Gasteiger partial charge in [-0.05, 0) is 36.1 Å². The van der Waals surface area contributed by atoms with E-state index in [-0.39, 0.29) is 10.8 Å². The van der Waals surface area contributed by atoms with E-state index in [2.05, 4.69) is 6.92 Å². The van der Waals surface area contributed by atoms with Crippen molar-refractivity contribution in [1.82, 2.24) is 0 Å². The fourth-order valence-electron chi connectivity index (χ4n) is 2.17. The average Bonchev–Trinajstić information content (AvgIpc) is 2.41. The lowest BCUT2D eigenvalue weighted by Crippen LogP contribution is -2.13. The van der Waals surface area contributed by atoms with Crippen molar-refractivity contribution in [3.8, 4) is 5.75 Å². The second-order valence-corrected chi connectivity index (χ2v) is 7.22. The maximum Gasteiger partial charge on any atom is 0.238 e. The first kappa shape index (κ1) is 18.0. The lowest BCUT2D eigenvalue weighted by Gasteiger charge is -2.15. The molecule has 0 amide bonds. The van der Waals surface area contributed by atoms with Crippen molar-refractivity contribution in [3.05, 3.63) is 23.8 Å². The van der Waals surface area contributed by atoms with Crippen LogP contribution in [0.1, 0.15) is 64.4 Å². The van der Waals surface area contributed by atoms with Gasteiger partial charge in [0.05, 0.1) is 11.5 Å². The lowest BCUT2D eigenvalue weighted by molar-refractivity contribution is 0.300. The van der Waals surface area contributed by atoms with Gasteiger partial charge in [-0.1, -0.05) is 46.5 Å². The van der Waals surface area contributed by atoms with Crippen LogP contribution >= 0.6 is 0 Å². The summed E-state index contributed by atoms with van der Waals surface area (Å²) in [6.07, 6.45) is 5.92. The zero-order valence-electron chi connectivity index (χ0n) is 13.3. The van der Waals surface area contributed by atoms with E-state index in [4.69, 9.17) is 9.88 Å². The fourth-order valence-corrected chi connectivity index (χ4v) is 2.72. The largest absolute Gasteiger partial charge is 0.493 e. The van der Waals surface area contributed by atoms with Gasteiger partial charge in [-0.3, -0.25) is 0 Å². The van der Waals surface area contributed by atoms with Gasteiger partial charge in [0.2, 0.25) is 10.0 Å². The Kier molecular flexibility index (Phi) is 7.18. The molecule has 0 saturated heterocycles. The van der Waals surface area contributed by atoms with Gasteiger partial charge >= 0.3 is 0 Å². The minimum absolute atomic E-state index is 0.140. The summed E-state index contributed by atoms with van der Waals surface area (Å²) >= 11 is 0. The van der Waals surface area contributed by atoms with E-state index in [1.165, 1.54) is 31.7 Å². The molecule has 120 valence electrons. The van der Waals surface area contributed by atoms with E-state index in [9.17, 15) is 8.42 Å². The summed E-state index contributed by atoms with van der Waals surface area (Å²) in [6.45, 7) is 6.88. The molecule has 0 radical (unpaired) electrons. The van der Waals surface area contributed by atoms with Crippen LogP contribution in [-0.4, -0.2) is 15.0 Å². The number of primary sulfonamides is 1. The number of unbranched alkanes of at least 4 members (excludes halogenated alkanes) is 4. The van der Waals surface area contributed by atoms with Gasteiger partial charge in [-0.2, -0.15) is 0 Å². The molecular weight excluding hydrogens is 286 g/mol. The molecule has 1 rings (SSSR count). The second kappa shape index (κ2) is 8.39. The molecule has 0 heterocycles. The quantitative estimate of drug-likeness (QED) is 0.705. The van der Waals surface area contributed by atoms with E-state index in [0.29, 0.717) is 6.61 Å². The van der Waals surface area contributed by atoms with E-state index >= 15 is 0 Å². The number of ether oxygens (including phenoxy) is 1. The highest BCUT2D eigenvalue weighted by molar-refractivity contribution is 7.89. The van der Waals surface area contributed by atoms with Crippen molar-refractivity contribution in [2.45, 2.75) is 63.7 Å². The minimum Gasteiger partial charge on any atom is -0.493 e. The van der Waals surface area contributed by atoms with Crippen LogP contribution in [0.4, 0.5) is 0 Å². The predicted octanol–water partition coefficient (Wildman–Crippen LogP) is 3.81. The summed E-state index contributed by atoms with van der Waals surface area (Å²) in [5.74, 6) is 0.940.